The summed E-state index contributed by atoms with van der Waals surface area (Å²) in [7, 11) is 7.39. The van der Waals surface area contributed by atoms with Crippen LogP contribution in [-0.4, -0.2) is 61.7 Å². The van der Waals surface area contributed by atoms with E-state index in [2.05, 4.69) is 10.00 Å². The first-order valence-corrected chi connectivity index (χ1v) is 9.06. The predicted molar refractivity (Wildman–Crippen MR) is 104 cm³/mol. The first kappa shape index (κ1) is 19.5. The molecule has 1 aromatic carbocycles. The first-order valence-electron chi connectivity index (χ1n) is 8.68. The van der Waals surface area contributed by atoms with Gasteiger partial charge in [0.2, 0.25) is 5.91 Å². The molecule has 0 N–H and O–H groups in total. The molecule has 142 valence electrons. The van der Waals surface area contributed by atoms with Crippen LogP contribution >= 0.6 is 11.6 Å². The molecule has 0 spiro atoms. The van der Waals surface area contributed by atoms with Crippen molar-refractivity contribution >= 4 is 36.5 Å². The van der Waals surface area contributed by atoms with E-state index in [0.29, 0.717) is 48.1 Å². The largest absolute Gasteiger partial charge is 0.495 e. The van der Waals surface area contributed by atoms with Crippen LogP contribution in [0.15, 0.2) is 18.2 Å². The maximum absolute atomic E-state index is 12.9. The van der Waals surface area contributed by atoms with Gasteiger partial charge in [0.1, 0.15) is 26.8 Å². The van der Waals surface area contributed by atoms with Crippen LogP contribution in [0.1, 0.15) is 11.4 Å². The Morgan fingerprint density at radius 2 is 2.04 bits per heavy atom. The van der Waals surface area contributed by atoms with Crippen LogP contribution in [0.4, 0.5) is 10.1 Å². The molecule has 1 aromatic heterocycles. The van der Waals surface area contributed by atoms with Gasteiger partial charge in [0.05, 0.1) is 17.8 Å². The quantitative estimate of drug-likeness (QED) is 0.726. The third-order valence-corrected chi connectivity index (χ3v) is 5.19. The maximum atomic E-state index is 12.9. The van der Waals surface area contributed by atoms with Crippen molar-refractivity contribution in [3.63, 3.8) is 0 Å². The van der Waals surface area contributed by atoms with Gasteiger partial charge < -0.3 is 14.5 Å². The molecule has 1 saturated heterocycles. The van der Waals surface area contributed by atoms with E-state index in [9.17, 15) is 9.18 Å². The molecule has 0 aliphatic carbocycles. The van der Waals surface area contributed by atoms with Gasteiger partial charge in [-0.3, -0.25) is 9.48 Å². The number of anilines is 1. The molecule has 1 amide bonds. The second kappa shape index (κ2) is 8.21. The van der Waals surface area contributed by atoms with Crippen LogP contribution in [0.2, 0.25) is 5.02 Å². The lowest BCUT2D eigenvalue weighted by atomic mass is 9.94. The normalized spacial score (nSPS) is 14.5. The average molecular weight is 391 g/mol. The van der Waals surface area contributed by atoms with Crippen molar-refractivity contribution in [1.29, 1.82) is 0 Å². The van der Waals surface area contributed by atoms with Crippen LogP contribution in [-0.2, 0) is 18.0 Å². The third-order valence-electron chi connectivity index (χ3n) is 4.87. The Morgan fingerprint density at radius 3 is 2.63 bits per heavy atom. The minimum Gasteiger partial charge on any atom is -0.495 e. The molecule has 1 aliphatic rings. The smallest absolute Gasteiger partial charge is 0.244 e. The Morgan fingerprint density at radius 1 is 1.33 bits per heavy atom. The highest BCUT2D eigenvalue weighted by Crippen LogP contribution is 2.29. The number of benzene rings is 1. The Hall–Kier alpha value is -2.22. The van der Waals surface area contributed by atoms with Crippen molar-refractivity contribution in [1.82, 2.24) is 14.7 Å². The fourth-order valence-corrected chi connectivity index (χ4v) is 3.36. The average Bonchev–Trinajstić information content (AvgIpc) is 2.96. The van der Waals surface area contributed by atoms with E-state index in [1.165, 1.54) is 4.68 Å². The van der Waals surface area contributed by atoms with Crippen molar-refractivity contribution in [2.24, 2.45) is 0 Å². The van der Waals surface area contributed by atoms with Crippen LogP contribution in [0.5, 0.6) is 5.75 Å². The monoisotopic (exact) mass is 390 g/mol. The molecule has 2 aromatic rings. The SMILES string of the molecule is [B]c1c(CF)nn(CC(=O)N2CCN(c3ccc(Cl)c(OC)c3)CC2)c1C. The number of aromatic nitrogens is 2. The lowest BCUT2D eigenvalue weighted by molar-refractivity contribution is -0.132. The molecule has 1 fully saturated rings. The van der Waals surface area contributed by atoms with E-state index in [1.807, 2.05) is 12.1 Å². The number of hydrogen-bond donors (Lipinski definition) is 0. The van der Waals surface area contributed by atoms with Gasteiger partial charge in [0.15, 0.2) is 0 Å². The molecule has 1 aliphatic heterocycles. The van der Waals surface area contributed by atoms with Crippen molar-refractivity contribution in [3.05, 3.63) is 34.6 Å². The number of piperazine rings is 1. The van der Waals surface area contributed by atoms with Gasteiger partial charge in [-0.2, -0.15) is 5.10 Å². The Labute approximate surface area is 164 Å². The van der Waals surface area contributed by atoms with Gasteiger partial charge >= 0.3 is 0 Å². The fourth-order valence-electron chi connectivity index (χ4n) is 3.16. The summed E-state index contributed by atoms with van der Waals surface area (Å²) >= 11 is 6.08. The molecule has 9 heteroatoms. The van der Waals surface area contributed by atoms with Crippen LogP contribution < -0.4 is 15.1 Å². The molecular formula is C18H21BClFN4O2. The number of ether oxygens (including phenoxy) is 1. The summed E-state index contributed by atoms with van der Waals surface area (Å²) in [5.41, 5.74) is 2.11. The molecule has 0 bridgehead atoms. The molecule has 0 unspecified atom stereocenters. The second-order valence-electron chi connectivity index (χ2n) is 6.42. The van der Waals surface area contributed by atoms with Crippen molar-refractivity contribution in [2.45, 2.75) is 20.1 Å². The van der Waals surface area contributed by atoms with Crippen LogP contribution in [0.25, 0.3) is 0 Å². The maximum Gasteiger partial charge on any atom is 0.244 e. The standard InChI is InChI=1S/C18H21BClFN4O2/c1-12-18(19)15(10-21)22-25(12)11-17(26)24-7-5-23(6-8-24)13-3-4-14(20)16(9-13)27-2/h3-4,9H,5-8,10-11H2,1-2H3. The summed E-state index contributed by atoms with van der Waals surface area (Å²) in [6.07, 6.45) is 0. The molecule has 2 radical (unpaired) electrons. The first-order chi connectivity index (χ1) is 12.9. The molecule has 27 heavy (non-hydrogen) atoms. The van der Waals surface area contributed by atoms with E-state index >= 15 is 0 Å². The number of nitrogens with zero attached hydrogens (tertiary/aromatic N) is 4. The van der Waals surface area contributed by atoms with Crippen molar-refractivity contribution in [3.8, 4) is 5.75 Å². The Balaban J connectivity index is 1.61. The van der Waals surface area contributed by atoms with E-state index in [0.717, 1.165) is 5.69 Å². The molecule has 0 saturated carbocycles. The van der Waals surface area contributed by atoms with Gasteiger partial charge in [-0.05, 0) is 19.1 Å². The van der Waals surface area contributed by atoms with Gasteiger partial charge in [-0.15, -0.1) is 0 Å². The lowest BCUT2D eigenvalue weighted by Gasteiger charge is -2.36. The van der Waals surface area contributed by atoms with E-state index in [1.54, 1.807) is 25.0 Å². The van der Waals surface area contributed by atoms with E-state index in [4.69, 9.17) is 24.2 Å². The topological polar surface area (TPSA) is 50.6 Å². The van der Waals surface area contributed by atoms with Crippen molar-refractivity contribution in [2.75, 3.05) is 38.2 Å². The van der Waals surface area contributed by atoms with Crippen LogP contribution in [0.3, 0.4) is 0 Å². The minimum absolute atomic E-state index is 0.0562. The highest BCUT2D eigenvalue weighted by Gasteiger charge is 2.23. The summed E-state index contributed by atoms with van der Waals surface area (Å²) in [6.45, 7) is 3.65. The number of hydrogen-bond acceptors (Lipinski definition) is 4. The van der Waals surface area contributed by atoms with Crippen LogP contribution in [0, 0.1) is 6.92 Å². The van der Waals surface area contributed by atoms with E-state index < -0.39 is 6.67 Å². The molecule has 6 nitrogen and oxygen atoms in total. The summed E-state index contributed by atoms with van der Waals surface area (Å²) in [5, 5.41) is 4.65. The molecule has 2 heterocycles. The van der Waals surface area contributed by atoms with E-state index in [-0.39, 0.29) is 18.1 Å². The van der Waals surface area contributed by atoms with Gasteiger partial charge in [0, 0.05) is 43.6 Å². The zero-order chi connectivity index (χ0) is 19.6. The Kier molecular flexibility index (Phi) is 5.94. The second-order valence-corrected chi connectivity index (χ2v) is 6.83. The summed E-state index contributed by atoms with van der Waals surface area (Å²) < 4.78 is 19.6. The zero-order valence-corrected chi connectivity index (χ0v) is 16.2. The number of carbonyl (C=O) groups is 1. The van der Waals surface area contributed by atoms with Crippen molar-refractivity contribution < 1.29 is 13.9 Å². The summed E-state index contributed by atoms with van der Waals surface area (Å²) in [6, 6.07) is 5.64. The summed E-state index contributed by atoms with van der Waals surface area (Å²) in [4.78, 5) is 16.6. The fraction of sp³-hybridized carbons (Fsp3) is 0.444. The van der Waals surface area contributed by atoms with Gasteiger partial charge in [-0.25, -0.2) is 4.39 Å². The third kappa shape index (κ3) is 4.05. The number of methoxy groups -OCH3 is 1. The lowest BCUT2D eigenvalue weighted by Crippen LogP contribution is -2.49. The number of rotatable bonds is 5. The number of carbonyl (C=O) groups excluding carboxylic acids is 1. The number of halogens is 2. The van der Waals surface area contributed by atoms with Gasteiger partial charge in [0.25, 0.3) is 0 Å². The highest BCUT2D eigenvalue weighted by molar-refractivity contribution is 6.34. The molecular weight excluding hydrogens is 369 g/mol. The minimum atomic E-state index is -0.739. The molecule has 0 atom stereocenters. The highest BCUT2D eigenvalue weighted by atomic mass is 35.5. The molecule has 3 rings (SSSR count). The number of amides is 1. The Bertz CT molecular complexity index is 837. The predicted octanol–water partition coefficient (Wildman–Crippen LogP) is 1.47. The zero-order valence-electron chi connectivity index (χ0n) is 15.4. The summed E-state index contributed by atoms with van der Waals surface area (Å²) in [5.74, 6) is 0.572. The number of alkyl halides is 1. The van der Waals surface area contributed by atoms with Gasteiger partial charge in [-0.1, -0.05) is 17.1 Å².